The topological polar surface area (TPSA) is 54.9 Å². The third kappa shape index (κ3) is 4.86. The summed E-state index contributed by atoms with van der Waals surface area (Å²) in [6.07, 6.45) is 0.955. The second-order valence-electron chi connectivity index (χ2n) is 8.80. The van der Waals surface area contributed by atoms with Crippen molar-refractivity contribution >= 4 is 16.9 Å². The van der Waals surface area contributed by atoms with Gasteiger partial charge in [0.2, 0.25) is 0 Å². The van der Waals surface area contributed by atoms with Crippen LogP contribution < -0.4 is 5.32 Å². The minimum atomic E-state index is -0.0748. The Hall–Kier alpha value is -3.53. The third-order valence-corrected chi connectivity index (χ3v) is 5.52. The number of hydrogen-bond donors (Lipinski definition) is 1. The molecule has 4 aromatic rings. The van der Waals surface area contributed by atoms with Crippen LogP contribution in [-0.2, 0) is 0 Å². The van der Waals surface area contributed by atoms with Gasteiger partial charge in [0.15, 0.2) is 0 Å². The number of fused-ring (bicyclic) bond motifs is 1. The number of hydrogen-bond acceptors (Lipinski definition) is 3. The Bertz CT molecular complexity index is 1280. The lowest BCUT2D eigenvalue weighted by Gasteiger charge is -2.12. The lowest BCUT2D eigenvalue weighted by Crippen LogP contribution is -2.25. The molecule has 0 spiro atoms. The molecule has 4 rings (SSSR count). The third-order valence-electron chi connectivity index (χ3n) is 5.52. The molecule has 0 aliphatic rings. The molecule has 0 aliphatic carbocycles. The molecule has 3 aromatic carbocycles. The molecule has 1 amide bonds. The highest BCUT2D eigenvalue weighted by Crippen LogP contribution is 2.32. The highest BCUT2D eigenvalue weighted by Gasteiger charge is 2.15. The van der Waals surface area contributed by atoms with Crippen molar-refractivity contribution in [3.8, 4) is 22.5 Å². The first kappa shape index (κ1) is 21.7. The predicted octanol–water partition coefficient (Wildman–Crippen LogP) is 6.36. The molecule has 0 fully saturated rings. The van der Waals surface area contributed by atoms with E-state index in [1.165, 1.54) is 5.56 Å². The summed E-state index contributed by atoms with van der Waals surface area (Å²) in [5, 5.41) is 3.01. The van der Waals surface area contributed by atoms with Gasteiger partial charge in [-0.1, -0.05) is 61.4 Å². The van der Waals surface area contributed by atoms with Crippen molar-refractivity contribution in [3.05, 3.63) is 83.4 Å². The van der Waals surface area contributed by atoms with E-state index in [0.717, 1.165) is 45.5 Å². The molecule has 162 valence electrons. The van der Waals surface area contributed by atoms with Crippen LogP contribution in [0.2, 0.25) is 0 Å². The van der Waals surface area contributed by atoms with Crippen molar-refractivity contribution < 1.29 is 4.79 Å². The number of amides is 1. The van der Waals surface area contributed by atoms with Gasteiger partial charge in [-0.25, -0.2) is 9.97 Å². The predicted molar refractivity (Wildman–Crippen MR) is 132 cm³/mol. The highest BCUT2D eigenvalue weighted by atomic mass is 16.1. The van der Waals surface area contributed by atoms with Crippen molar-refractivity contribution in [3.63, 3.8) is 0 Å². The lowest BCUT2D eigenvalue weighted by atomic mass is 10.0. The smallest absolute Gasteiger partial charge is 0.251 e. The number of nitrogens with zero attached hydrogens (tertiary/aromatic N) is 2. The molecule has 0 saturated carbocycles. The monoisotopic (exact) mass is 423 g/mol. The van der Waals surface area contributed by atoms with Gasteiger partial charge in [0, 0.05) is 23.2 Å². The van der Waals surface area contributed by atoms with Gasteiger partial charge in [-0.2, -0.15) is 0 Å². The van der Waals surface area contributed by atoms with Crippen LogP contribution in [0, 0.1) is 19.8 Å². The summed E-state index contributed by atoms with van der Waals surface area (Å²) in [4.78, 5) is 22.6. The zero-order valence-electron chi connectivity index (χ0n) is 19.1. The molecule has 0 atom stereocenters. The highest BCUT2D eigenvalue weighted by molar-refractivity contribution is 5.98. The summed E-state index contributed by atoms with van der Waals surface area (Å²) < 4.78 is 0. The number of benzene rings is 3. The lowest BCUT2D eigenvalue weighted by molar-refractivity contribution is 0.0952. The van der Waals surface area contributed by atoms with Crippen LogP contribution in [0.15, 0.2) is 66.7 Å². The van der Waals surface area contributed by atoms with Crippen LogP contribution in [0.1, 0.15) is 41.8 Å². The molecule has 32 heavy (non-hydrogen) atoms. The van der Waals surface area contributed by atoms with Gasteiger partial charge in [-0.15, -0.1) is 0 Å². The maximum atomic E-state index is 12.6. The molecule has 1 aromatic heterocycles. The molecule has 1 N–H and O–H groups in total. The maximum Gasteiger partial charge on any atom is 0.251 e. The Morgan fingerprint density at radius 3 is 1.97 bits per heavy atom. The minimum Gasteiger partial charge on any atom is -0.352 e. The molecular formula is C28H29N3O. The number of nitrogens with one attached hydrogen (secondary N) is 1. The number of rotatable bonds is 6. The Kier molecular flexibility index (Phi) is 6.31. The maximum absolute atomic E-state index is 12.6. The van der Waals surface area contributed by atoms with E-state index in [1.54, 1.807) is 0 Å². The van der Waals surface area contributed by atoms with E-state index in [1.807, 2.05) is 30.3 Å². The quantitative estimate of drug-likeness (QED) is 0.393. The first-order chi connectivity index (χ1) is 15.4. The summed E-state index contributed by atoms with van der Waals surface area (Å²) in [7, 11) is 0. The zero-order chi connectivity index (χ0) is 22.7. The fraction of sp³-hybridized carbons (Fsp3) is 0.250. The molecule has 0 aliphatic heterocycles. The van der Waals surface area contributed by atoms with Crippen molar-refractivity contribution in [2.45, 2.75) is 34.1 Å². The Labute approximate surface area is 189 Å². The van der Waals surface area contributed by atoms with Gasteiger partial charge in [0.25, 0.3) is 5.91 Å². The summed E-state index contributed by atoms with van der Waals surface area (Å²) in [6, 6.07) is 22.2. The van der Waals surface area contributed by atoms with E-state index in [0.29, 0.717) is 18.0 Å². The van der Waals surface area contributed by atoms with E-state index in [2.05, 4.69) is 69.4 Å². The second-order valence-corrected chi connectivity index (χ2v) is 8.80. The Balaban J connectivity index is 1.81. The number of carbonyl (C=O) groups excluding carboxylic acids is 1. The number of carbonyl (C=O) groups is 1. The van der Waals surface area contributed by atoms with Crippen molar-refractivity contribution in [2.24, 2.45) is 5.92 Å². The standard InChI is InChI=1S/C28H29N3O/c1-18(2)13-14-29-28(32)23-11-12-24-25(17-23)31-27(22-10-6-8-20(4)16-22)26(30-24)21-9-5-7-19(3)15-21/h5-12,15-18H,13-14H2,1-4H3,(H,29,32). The van der Waals surface area contributed by atoms with Crippen LogP contribution in [0.25, 0.3) is 33.5 Å². The Morgan fingerprint density at radius 1 is 0.812 bits per heavy atom. The molecule has 0 bridgehead atoms. The first-order valence-corrected chi connectivity index (χ1v) is 11.1. The molecule has 0 unspecified atom stereocenters. The van der Waals surface area contributed by atoms with Crippen LogP contribution >= 0.6 is 0 Å². The van der Waals surface area contributed by atoms with E-state index in [4.69, 9.17) is 9.97 Å². The number of aryl methyl sites for hydroxylation is 2. The second kappa shape index (κ2) is 9.31. The molecule has 4 heteroatoms. The minimum absolute atomic E-state index is 0.0748. The largest absolute Gasteiger partial charge is 0.352 e. The van der Waals surface area contributed by atoms with E-state index in [-0.39, 0.29) is 5.91 Å². The van der Waals surface area contributed by atoms with Gasteiger partial charge < -0.3 is 5.32 Å². The average Bonchev–Trinajstić information content (AvgIpc) is 2.77. The van der Waals surface area contributed by atoms with E-state index >= 15 is 0 Å². The SMILES string of the molecule is Cc1cccc(-c2nc3ccc(C(=O)NCCC(C)C)cc3nc2-c2cccc(C)c2)c1. The first-order valence-electron chi connectivity index (χ1n) is 11.1. The average molecular weight is 424 g/mol. The van der Waals surface area contributed by atoms with Gasteiger partial charge >= 0.3 is 0 Å². The molecule has 0 radical (unpaired) electrons. The molecular weight excluding hydrogens is 394 g/mol. The molecule has 0 saturated heterocycles. The summed E-state index contributed by atoms with van der Waals surface area (Å²) >= 11 is 0. The van der Waals surface area contributed by atoms with E-state index < -0.39 is 0 Å². The van der Waals surface area contributed by atoms with Crippen LogP contribution in [0.4, 0.5) is 0 Å². The Morgan fingerprint density at radius 2 is 1.41 bits per heavy atom. The fourth-order valence-corrected chi connectivity index (χ4v) is 3.76. The zero-order valence-corrected chi connectivity index (χ0v) is 19.1. The fourth-order valence-electron chi connectivity index (χ4n) is 3.76. The van der Waals surface area contributed by atoms with Crippen LogP contribution in [0.3, 0.4) is 0 Å². The van der Waals surface area contributed by atoms with Crippen molar-refractivity contribution in [1.82, 2.24) is 15.3 Å². The van der Waals surface area contributed by atoms with Crippen LogP contribution in [0.5, 0.6) is 0 Å². The molecule has 1 heterocycles. The van der Waals surface area contributed by atoms with Gasteiger partial charge in [-0.3, -0.25) is 4.79 Å². The summed E-state index contributed by atoms with van der Waals surface area (Å²) in [6.45, 7) is 9.12. The normalized spacial score (nSPS) is 11.2. The van der Waals surface area contributed by atoms with Gasteiger partial charge in [-0.05, 0) is 56.5 Å². The van der Waals surface area contributed by atoms with Crippen molar-refractivity contribution in [2.75, 3.05) is 6.54 Å². The molecule has 4 nitrogen and oxygen atoms in total. The van der Waals surface area contributed by atoms with Crippen LogP contribution in [-0.4, -0.2) is 22.4 Å². The summed E-state index contributed by atoms with van der Waals surface area (Å²) in [5.74, 6) is 0.476. The van der Waals surface area contributed by atoms with Gasteiger partial charge in [0.05, 0.1) is 22.4 Å². The van der Waals surface area contributed by atoms with Crippen molar-refractivity contribution in [1.29, 1.82) is 0 Å². The number of aromatic nitrogens is 2. The van der Waals surface area contributed by atoms with Gasteiger partial charge in [0.1, 0.15) is 0 Å². The van der Waals surface area contributed by atoms with E-state index in [9.17, 15) is 4.79 Å². The summed E-state index contributed by atoms with van der Waals surface area (Å²) in [5.41, 5.74) is 8.16.